The summed E-state index contributed by atoms with van der Waals surface area (Å²) in [5.74, 6) is 1.05. The lowest BCUT2D eigenvalue weighted by atomic mass is 10.0. The average molecular weight is 265 g/mol. The summed E-state index contributed by atoms with van der Waals surface area (Å²) in [6.07, 6.45) is 4.05. The summed E-state index contributed by atoms with van der Waals surface area (Å²) < 4.78 is 0. The summed E-state index contributed by atoms with van der Waals surface area (Å²) in [6, 6.07) is 0.532. The van der Waals surface area contributed by atoms with Crippen molar-refractivity contribution >= 4 is 5.91 Å². The number of imidazole rings is 1. The molecular formula is C13H23N5O. The maximum atomic E-state index is 11.3. The van der Waals surface area contributed by atoms with E-state index in [9.17, 15) is 4.79 Å². The van der Waals surface area contributed by atoms with Crippen LogP contribution in [0.3, 0.4) is 0 Å². The van der Waals surface area contributed by atoms with Gasteiger partial charge in [-0.3, -0.25) is 9.69 Å². The van der Waals surface area contributed by atoms with Gasteiger partial charge in [-0.05, 0) is 19.8 Å². The van der Waals surface area contributed by atoms with Crippen molar-refractivity contribution in [1.29, 1.82) is 0 Å². The van der Waals surface area contributed by atoms with Crippen molar-refractivity contribution in [3.63, 3.8) is 0 Å². The Kier molecular flexibility index (Phi) is 4.93. The third-order valence-electron chi connectivity index (χ3n) is 3.57. The van der Waals surface area contributed by atoms with Crippen molar-refractivity contribution in [1.82, 2.24) is 25.5 Å². The monoisotopic (exact) mass is 265 g/mol. The number of amides is 1. The minimum absolute atomic E-state index is 0.0966. The van der Waals surface area contributed by atoms with Gasteiger partial charge in [-0.15, -0.1) is 0 Å². The summed E-state index contributed by atoms with van der Waals surface area (Å²) >= 11 is 0. The molecule has 0 aliphatic carbocycles. The Hall–Kier alpha value is -1.40. The van der Waals surface area contributed by atoms with Gasteiger partial charge in [0, 0.05) is 44.6 Å². The number of aromatic nitrogens is 2. The zero-order valence-electron chi connectivity index (χ0n) is 11.7. The van der Waals surface area contributed by atoms with Crippen LogP contribution in [-0.2, 0) is 11.3 Å². The molecule has 1 aromatic heterocycles. The first-order valence-corrected chi connectivity index (χ1v) is 6.84. The summed E-state index contributed by atoms with van der Waals surface area (Å²) in [5.41, 5.74) is 1.13. The van der Waals surface area contributed by atoms with Gasteiger partial charge >= 0.3 is 0 Å². The number of hydrogen-bond donors (Lipinski definition) is 3. The van der Waals surface area contributed by atoms with Crippen molar-refractivity contribution in [3.05, 3.63) is 17.7 Å². The van der Waals surface area contributed by atoms with Gasteiger partial charge in [-0.25, -0.2) is 4.98 Å². The Morgan fingerprint density at radius 1 is 1.53 bits per heavy atom. The quantitative estimate of drug-likeness (QED) is 0.702. The van der Waals surface area contributed by atoms with E-state index < -0.39 is 0 Å². The fourth-order valence-electron chi connectivity index (χ4n) is 2.39. The SMILES string of the molecule is CNC(=O)CN1CCC(NCc2cnc(C)[nH]2)CC1. The third-order valence-corrected chi connectivity index (χ3v) is 3.57. The van der Waals surface area contributed by atoms with E-state index in [1.807, 2.05) is 13.1 Å². The van der Waals surface area contributed by atoms with E-state index in [1.54, 1.807) is 7.05 Å². The Balaban J connectivity index is 1.67. The third kappa shape index (κ3) is 4.33. The van der Waals surface area contributed by atoms with E-state index >= 15 is 0 Å². The number of rotatable bonds is 5. The van der Waals surface area contributed by atoms with E-state index in [2.05, 4.69) is 25.5 Å². The van der Waals surface area contributed by atoms with Gasteiger partial charge in [0.15, 0.2) is 0 Å². The molecule has 0 atom stereocenters. The van der Waals surface area contributed by atoms with Gasteiger partial charge in [0.2, 0.25) is 5.91 Å². The first-order chi connectivity index (χ1) is 9.17. The lowest BCUT2D eigenvalue weighted by molar-refractivity contribution is -0.122. The highest BCUT2D eigenvalue weighted by atomic mass is 16.1. The van der Waals surface area contributed by atoms with Crippen molar-refractivity contribution in [2.75, 3.05) is 26.7 Å². The molecule has 106 valence electrons. The molecule has 0 bridgehead atoms. The molecule has 2 heterocycles. The Morgan fingerprint density at radius 3 is 2.84 bits per heavy atom. The minimum atomic E-state index is 0.0966. The van der Waals surface area contributed by atoms with Crippen LogP contribution in [0, 0.1) is 6.92 Å². The summed E-state index contributed by atoms with van der Waals surface area (Å²) in [6.45, 7) is 5.27. The number of aromatic amines is 1. The maximum absolute atomic E-state index is 11.3. The number of hydrogen-bond acceptors (Lipinski definition) is 4. The molecule has 1 aliphatic rings. The molecule has 6 nitrogen and oxygen atoms in total. The number of carbonyl (C=O) groups excluding carboxylic acids is 1. The van der Waals surface area contributed by atoms with Gasteiger partial charge < -0.3 is 15.6 Å². The van der Waals surface area contributed by atoms with E-state index in [4.69, 9.17) is 0 Å². The van der Waals surface area contributed by atoms with E-state index in [0.29, 0.717) is 12.6 Å². The second kappa shape index (κ2) is 6.68. The fourth-order valence-corrected chi connectivity index (χ4v) is 2.39. The molecule has 19 heavy (non-hydrogen) atoms. The van der Waals surface area contributed by atoms with Gasteiger partial charge in [0.05, 0.1) is 6.54 Å². The largest absolute Gasteiger partial charge is 0.358 e. The van der Waals surface area contributed by atoms with Gasteiger partial charge in [-0.1, -0.05) is 0 Å². The Bertz CT molecular complexity index is 409. The number of nitrogens with zero attached hydrogens (tertiary/aromatic N) is 2. The molecule has 6 heteroatoms. The van der Waals surface area contributed by atoms with Crippen LogP contribution < -0.4 is 10.6 Å². The van der Waals surface area contributed by atoms with E-state index in [1.165, 1.54) is 0 Å². The molecule has 2 rings (SSSR count). The van der Waals surface area contributed by atoms with Gasteiger partial charge in [0.1, 0.15) is 5.82 Å². The molecule has 1 amide bonds. The normalized spacial score (nSPS) is 17.6. The Morgan fingerprint density at radius 2 is 2.26 bits per heavy atom. The van der Waals surface area contributed by atoms with Crippen molar-refractivity contribution < 1.29 is 4.79 Å². The highest BCUT2D eigenvalue weighted by Gasteiger charge is 2.20. The van der Waals surface area contributed by atoms with Crippen LogP contribution in [0.2, 0.25) is 0 Å². The zero-order valence-corrected chi connectivity index (χ0v) is 11.7. The molecule has 1 fully saturated rings. The smallest absolute Gasteiger partial charge is 0.233 e. The van der Waals surface area contributed by atoms with Gasteiger partial charge in [0.25, 0.3) is 0 Å². The number of nitrogens with one attached hydrogen (secondary N) is 3. The highest BCUT2D eigenvalue weighted by molar-refractivity contribution is 5.77. The number of piperidine rings is 1. The minimum Gasteiger partial charge on any atom is -0.358 e. The molecule has 0 unspecified atom stereocenters. The molecule has 1 aliphatic heterocycles. The van der Waals surface area contributed by atoms with Crippen LogP contribution in [0.15, 0.2) is 6.20 Å². The van der Waals surface area contributed by atoms with Crippen LogP contribution in [0.25, 0.3) is 0 Å². The number of likely N-dealkylation sites (tertiary alicyclic amines) is 1. The zero-order chi connectivity index (χ0) is 13.7. The molecule has 0 aromatic carbocycles. The first kappa shape index (κ1) is 14.0. The maximum Gasteiger partial charge on any atom is 0.233 e. The van der Waals surface area contributed by atoms with E-state index in [0.717, 1.165) is 44.0 Å². The van der Waals surface area contributed by atoms with Crippen LogP contribution in [-0.4, -0.2) is 53.5 Å². The lowest BCUT2D eigenvalue weighted by Gasteiger charge is -2.31. The Labute approximate surface area is 114 Å². The topological polar surface area (TPSA) is 73.1 Å². The number of carbonyl (C=O) groups is 1. The van der Waals surface area contributed by atoms with Crippen LogP contribution >= 0.6 is 0 Å². The predicted molar refractivity (Wildman–Crippen MR) is 73.7 cm³/mol. The first-order valence-electron chi connectivity index (χ1n) is 6.84. The highest BCUT2D eigenvalue weighted by Crippen LogP contribution is 2.10. The fraction of sp³-hybridized carbons (Fsp3) is 0.692. The average Bonchev–Trinajstić information content (AvgIpc) is 2.83. The summed E-state index contributed by atoms with van der Waals surface area (Å²) in [7, 11) is 1.68. The number of likely N-dealkylation sites (N-methyl/N-ethyl adjacent to an activating group) is 1. The van der Waals surface area contributed by atoms with Crippen molar-refractivity contribution in [3.8, 4) is 0 Å². The number of aryl methyl sites for hydroxylation is 1. The molecular weight excluding hydrogens is 242 g/mol. The number of H-pyrrole nitrogens is 1. The van der Waals surface area contributed by atoms with Crippen molar-refractivity contribution in [2.24, 2.45) is 0 Å². The molecule has 0 radical (unpaired) electrons. The predicted octanol–water partition coefficient (Wildman–Crippen LogP) is 0.0181. The van der Waals surface area contributed by atoms with Gasteiger partial charge in [-0.2, -0.15) is 0 Å². The van der Waals surface area contributed by atoms with Crippen molar-refractivity contribution in [2.45, 2.75) is 32.4 Å². The molecule has 0 saturated carbocycles. The molecule has 1 saturated heterocycles. The molecule has 1 aromatic rings. The molecule has 3 N–H and O–H groups in total. The van der Waals surface area contributed by atoms with Crippen LogP contribution in [0.5, 0.6) is 0 Å². The van der Waals surface area contributed by atoms with Crippen LogP contribution in [0.4, 0.5) is 0 Å². The second-order valence-corrected chi connectivity index (χ2v) is 5.10. The summed E-state index contributed by atoms with van der Waals surface area (Å²) in [5, 5.41) is 6.21. The second-order valence-electron chi connectivity index (χ2n) is 5.10. The summed E-state index contributed by atoms with van der Waals surface area (Å²) in [4.78, 5) is 20.9. The lowest BCUT2D eigenvalue weighted by Crippen LogP contribution is -2.45. The standard InChI is InChI=1S/C13H23N5O/c1-10-15-7-12(17-10)8-16-11-3-5-18(6-4-11)9-13(19)14-2/h7,11,16H,3-6,8-9H2,1-2H3,(H,14,19)(H,15,17). The van der Waals surface area contributed by atoms with E-state index in [-0.39, 0.29) is 5.91 Å². The van der Waals surface area contributed by atoms with Crippen LogP contribution in [0.1, 0.15) is 24.4 Å². The molecule has 0 spiro atoms.